The van der Waals surface area contributed by atoms with E-state index in [-0.39, 0.29) is 17.5 Å². The van der Waals surface area contributed by atoms with Gasteiger partial charge in [0.25, 0.3) is 5.91 Å². The predicted octanol–water partition coefficient (Wildman–Crippen LogP) is 1.56. The zero-order valence-corrected chi connectivity index (χ0v) is 15.7. The lowest BCUT2D eigenvalue weighted by Gasteiger charge is -2.21. The van der Waals surface area contributed by atoms with Crippen molar-refractivity contribution in [2.75, 3.05) is 6.54 Å². The lowest BCUT2D eigenvalue weighted by Crippen LogP contribution is -2.50. The Balaban J connectivity index is 0.00000190. The maximum absolute atomic E-state index is 12.8. The molecule has 1 aliphatic rings. The number of hydrogen-bond donors (Lipinski definition) is 2. The summed E-state index contributed by atoms with van der Waals surface area (Å²) in [6, 6.07) is 4.59. The standard InChI is InChI=1S/C18H19F2N3O3.C2H4/c1-10(16(19)20)15(17(21)25)22-18(26)13-6-3-12(4-7-13)5-8-14-9-23(14)11(2)24;1-2/h3-4,6-7,10,14-16H,9H2,1-2H3,(H2,21,25)(H,22,26);1-2H2. The summed E-state index contributed by atoms with van der Waals surface area (Å²) >= 11 is 0. The van der Waals surface area contributed by atoms with Crippen molar-refractivity contribution in [1.82, 2.24) is 10.2 Å². The summed E-state index contributed by atoms with van der Waals surface area (Å²) in [5.41, 5.74) is 5.94. The number of nitrogens with one attached hydrogen (secondary N) is 1. The monoisotopic (exact) mass is 391 g/mol. The average Bonchev–Trinajstić information content (AvgIpc) is 3.45. The summed E-state index contributed by atoms with van der Waals surface area (Å²) < 4.78 is 25.6. The smallest absolute Gasteiger partial charge is 0.251 e. The lowest BCUT2D eigenvalue weighted by atomic mass is 10.0. The van der Waals surface area contributed by atoms with E-state index in [1.807, 2.05) is 0 Å². The van der Waals surface area contributed by atoms with E-state index in [9.17, 15) is 23.2 Å². The fourth-order valence-electron chi connectivity index (χ4n) is 2.31. The number of benzene rings is 1. The zero-order chi connectivity index (χ0) is 21.4. The predicted molar refractivity (Wildman–Crippen MR) is 101 cm³/mol. The molecule has 1 aromatic rings. The van der Waals surface area contributed by atoms with Crippen LogP contribution in [0, 0.1) is 17.8 Å². The number of carbonyl (C=O) groups is 3. The first-order valence-corrected chi connectivity index (χ1v) is 8.48. The van der Waals surface area contributed by atoms with E-state index in [0.29, 0.717) is 12.1 Å². The number of nitrogens with two attached hydrogens (primary N) is 1. The normalized spacial score (nSPS) is 16.6. The van der Waals surface area contributed by atoms with Crippen LogP contribution in [0.15, 0.2) is 37.4 Å². The molecule has 3 unspecified atom stereocenters. The molecule has 3 N–H and O–H groups in total. The van der Waals surface area contributed by atoms with Crippen molar-refractivity contribution < 1.29 is 23.2 Å². The van der Waals surface area contributed by atoms with E-state index in [2.05, 4.69) is 30.3 Å². The van der Waals surface area contributed by atoms with Crippen LogP contribution in [-0.4, -0.2) is 47.7 Å². The van der Waals surface area contributed by atoms with Crippen LogP contribution in [0.4, 0.5) is 8.78 Å². The molecule has 8 heteroatoms. The zero-order valence-electron chi connectivity index (χ0n) is 15.7. The first-order chi connectivity index (χ1) is 13.2. The quantitative estimate of drug-likeness (QED) is 0.453. The first-order valence-electron chi connectivity index (χ1n) is 8.48. The number of rotatable bonds is 5. The molecule has 1 fully saturated rings. The minimum Gasteiger partial charge on any atom is -0.368 e. The van der Waals surface area contributed by atoms with Gasteiger partial charge >= 0.3 is 0 Å². The Morgan fingerprint density at radius 1 is 1.25 bits per heavy atom. The van der Waals surface area contributed by atoms with Crippen LogP contribution < -0.4 is 11.1 Å². The molecule has 0 saturated carbocycles. The van der Waals surface area contributed by atoms with Crippen molar-refractivity contribution in [3.05, 3.63) is 48.6 Å². The summed E-state index contributed by atoms with van der Waals surface area (Å²) in [4.78, 5) is 36.2. The van der Waals surface area contributed by atoms with Crippen LogP contribution in [0.1, 0.15) is 29.8 Å². The third-order valence-electron chi connectivity index (χ3n) is 4.06. The summed E-state index contributed by atoms with van der Waals surface area (Å²) in [7, 11) is 0. The van der Waals surface area contributed by atoms with E-state index in [1.165, 1.54) is 19.1 Å². The molecule has 1 saturated heterocycles. The van der Waals surface area contributed by atoms with Gasteiger partial charge in [-0.2, -0.15) is 0 Å². The van der Waals surface area contributed by atoms with E-state index in [0.717, 1.165) is 6.92 Å². The number of alkyl halides is 2. The van der Waals surface area contributed by atoms with Crippen LogP contribution in [-0.2, 0) is 9.59 Å². The Kier molecular flexibility index (Phi) is 8.32. The molecule has 0 spiro atoms. The van der Waals surface area contributed by atoms with Crippen LogP contribution in [0.2, 0.25) is 0 Å². The van der Waals surface area contributed by atoms with Crippen molar-refractivity contribution in [2.24, 2.45) is 11.7 Å². The maximum atomic E-state index is 12.8. The third kappa shape index (κ3) is 6.20. The number of halogens is 2. The molecule has 28 heavy (non-hydrogen) atoms. The lowest BCUT2D eigenvalue weighted by molar-refractivity contribution is -0.124. The fraction of sp³-hybridized carbons (Fsp3) is 0.350. The van der Waals surface area contributed by atoms with Gasteiger partial charge in [-0.05, 0) is 24.3 Å². The Hall–Kier alpha value is -3.21. The molecule has 3 atom stereocenters. The summed E-state index contributed by atoms with van der Waals surface area (Å²) in [6.07, 6.45) is -2.79. The van der Waals surface area contributed by atoms with E-state index in [1.54, 1.807) is 17.0 Å². The molecular formula is C20H23F2N3O3. The van der Waals surface area contributed by atoms with Crippen molar-refractivity contribution >= 4 is 17.7 Å². The van der Waals surface area contributed by atoms with E-state index in [4.69, 9.17) is 5.73 Å². The summed E-state index contributed by atoms with van der Waals surface area (Å²) in [5, 5.41) is 2.24. The second-order valence-electron chi connectivity index (χ2n) is 6.08. The molecular weight excluding hydrogens is 368 g/mol. The summed E-state index contributed by atoms with van der Waals surface area (Å²) in [6.45, 7) is 9.23. The van der Waals surface area contributed by atoms with Crippen LogP contribution >= 0.6 is 0 Å². The van der Waals surface area contributed by atoms with Crippen molar-refractivity contribution in [1.29, 1.82) is 0 Å². The second kappa shape index (κ2) is 10.2. The molecule has 2 rings (SSSR count). The minimum absolute atomic E-state index is 0.0293. The van der Waals surface area contributed by atoms with Gasteiger partial charge in [0.2, 0.25) is 18.2 Å². The number of amides is 3. The van der Waals surface area contributed by atoms with E-state index < -0.39 is 30.2 Å². The molecule has 0 radical (unpaired) electrons. The molecule has 0 aromatic heterocycles. The largest absolute Gasteiger partial charge is 0.368 e. The Labute approximate surface area is 162 Å². The maximum Gasteiger partial charge on any atom is 0.251 e. The van der Waals surface area contributed by atoms with Gasteiger partial charge in [0, 0.05) is 24.0 Å². The van der Waals surface area contributed by atoms with Crippen LogP contribution in [0.3, 0.4) is 0 Å². The molecule has 6 nitrogen and oxygen atoms in total. The van der Waals surface area contributed by atoms with Crippen LogP contribution in [0.25, 0.3) is 0 Å². The number of carbonyl (C=O) groups excluding carboxylic acids is 3. The van der Waals surface area contributed by atoms with Gasteiger partial charge in [0.05, 0.1) is 6.54 Å². The van der Waals surface area contributed by atoms with Gasteiger partial charge < -0.3 is 16.0 Å². The highest BCUT2D eigenvalue weighted by Crippen LogP contribution is 2.16. The van der Waals surface area contributed by atoms with Gasteiger partial charge in [-0.3, -0.25) is 14.4 Å². The van der Waals surface area contributed by atoms with Crippen LogP contribution in [0.5, 0.6) is 0 Å². The van der Waals surface area contributed by atoms with Crippen molar-refractivity contribution in [3.8, 4) is 11.8 Å². The second-order valence-corrected chi connectivity index (χ2v) is 6.08. The molecule has 1 aromatic carbocycles. The fourth-order valence-corrected chi connectivity index (χ4v) is 2.31. The molecule has 1 aliphatic heterocycles. The number of nitrogens with zero attached hydrogens (tertiary/aromatic N) is 1. The average molecular weight is 391 g/mol. The van der Waals surface area contributed by atoms with Gasteiger partial charge in [-0.1, -0.05) is 18.8 Å². The number of primary amides is 1. The highest BCUT2D eigenvalue weighted by Gasteiger charge is 2.34. The van der Waals surface area contributed by atoms with Gasteiger partial charge in [0.1, 0.15) is 12.1 Å². The Morgan fingerprint density at radius 3 is 2.25 bits per heavy atom. The van der Waals surface area contributed by atoms with Crippen molar-refractivity contribution in [3.63, 3.8) is 0 Å². The minimum atomic E-state index is -2.79. The van der Waals surface area contributed by atoms with Gasteiger partial charge in [-0.25, -0.2) is 8.78 Å². The van der Waals surface area contributed by atoms with Gasteiger partial charge in [-0.15, -0.1) is 13.2 Å². The molecule has 1 heterocycles. The molecule has 3 amide bonds. The van der Waals surface area contributed by atoms with Crippen molar-refractivity contribution in [2.45, 2.75) is 32.4 Å². The van der Waals surface area contributed by atoms with Gasteiger partial charge in [0.15, 0.2) is 0 Å². The first kappa shape index (κ1) is 22.8. The number of hydrogen-bond acceptors (Lipinski definition) is 3. The molecule has 0 aliphatic carbocycles. The van der Waals surface area contributed by atoms with E-state index >= 15 is 0 Å². The molecule has 0 bridgehead atoms. The Bertz CT molecular complexity index is 784. The highest BCUT2D eigenvalue weighted by atomic mass is 19.3. The summed E-state index contributed by atoms with van der Waals surface area (Å²) in [5.74, 6) is 2.71. The SMILES string of the molecule is C=C.CC(=O)N1CC1C#Cc1ccc(C(=O)NC(C(N)=O)C(C)C(F)F)cc1. The third-order valence-corrected chi connectivity index (χ3v) is 4.06. The highest BCUT2D eigenvalue weighted by molar-refractivity contribution is 5.97. The Morgan fingerprint density at radius 2 is 1.82 bits per heavy atom. The molecule has 150 valence electrons. The topological polar surface area (TPSA) is 92.3 Å².